The second-order valence-electron chi connectivity index (χ2n) is 5.94. The summed E-state index contributed by atoms with van der Waals surface area (Å²) in [5, 5.41) is 3.60. The second-order valence-corrected chi connectivity index (χ2v) is 5.94. The van der Waals surface area contributed by atoms with Crippen molar-refractivity contribution in [3.05, 3.63) is 0 Å². The summed E-state index contributed by atoms with van der Waals surface area (Å²) < 4.78 is 0. The van der Waals surface area contributed by atoms with E-state index in [-0.39, 0.29) is 0 Å². The quantitative estimate of drug-likeness (QED) is 0.782. The predicted molar refractivity (Wildman–Crippen MR) is 73.3 cm³/mol. The fourth-order valence-electron chi connectivity index (χ4n) is 3.07. The first-order valence-electron chi connectivity index (χ1n) is 7.40. The summed E-state index contributed by atoms with van der Waals surface area (Å²) in [5.74, 6) is 0.908. The van der Waals surface area contributed by atoms with Crippen molar-refractivity contribution >= 4 is 0 Å². The molecule has 0 spiro atoms. The molecule has 0 aromatic heterocycles. The van der Waals surface area contributed by atoms with Gasteiger partial charge in [0.2, 0.25) is 0 Å². The Morgan fingerprint density at radius 3 is 2.29 bits per heavy atom. The SMILES string of the molecule is CCN1CCN(C2CCC2CNC(C)C)CC1. The monoisotopic (exact) mass is 239 g/mol. The Morgan fingerprint density at radius 2 is 1.82 bits per heavy atom. The number of piperazine rings is 1. The lowest BCUT2D eigenvalue weighted by Crippen LogP contribution is -2.57. The van der Waals surface area contributed by atoms with E-state index in [0.717, 1.165) is 12.0 Å². The first-order chi connectivity index (χ1) is 8.20. The molecule has 2 rings (SSSR count). The third-order valence-corrected chi connectivity index (χ3v) is 4.49. The highest BCUT2D eigenvalue weighted by Crippen LogP contribution is 2.32. The van der Waals surface area contributed by atoms with Crippen LogP contribution in [0.1, 0.15) is 33.6 Å². The summed E-state index contributed by atoms with van der Waals surface area (Å²) in [5.41, 5.74) is 0. The Balaban J connectivity index is 1.72. The van der Waals surface area contributed by atoms with E-state index in [0.29, 0.717) is 6.04 Å². The molecule has 1 aliphatic heterocycles. The van der Waals surface area contributed by atoms with Gasteiger partial charge in [-0.15, -0.1) is 0 Å². The summed E-state index contributed by atoms with van der Waals surface area (Å²) in [7, 11) is 0. The first kappa shape index (κ1) is 13.3. The fourth-order valence-corrected chi connectivity index (χ4v) is 3.07. The number of hydrogen-bond donors (Lipinski definition) is 1. The maximum absolute atomic E-state index is 3.60. The third-order valence-electron chi connectivity index (χ3n) is 4.49. The van der Waals surface area contributed by atoms with Crippen molar-refractivity contribution in [1.82, 2.24) is 15.1 Å². The Hall–Kier alpha value is -0.120. The van der Waals surface area contributed by atoms with Crippen molar-refractivity contribution in [2.24, 2.45) is 5.92 Å². The number of nitrogens with one attached hydrogen (secondary N) is 1. The van der Waals surface area contributed by atoms with Crippen molar-refractivity contribution in [3.8, 4) is 0 Å². The lowest BCUT2D eigenvalue weighted by molar-refractivity contribution is 0.0218. The summed E-state index contributed by atoms with van der Waals surface area (Å²) in [6.07, 6.45) is 2.86. The van der Waals surface area contributed by atoms with Gasteiger partial charge in [-0.05, 0) is 31.8 Å². The highest BCUT2D eigenvalue weighted by atomic mass is 15.3. The van der Waals surface area contributed by atoms with Crippen LogP contribution in [-0.4, -0.2) is 61.2 Å². The summed E-state index contributed by atoms with van der Waals surface area (Å²) >= 11 is 0. The molecule has 0 aromatic rings. The van der Waals surface area contributed by atoms with Crippen LogP contribution >= 0.6 is 0 Å². The van der Waals surface area contributed by atoms with Crippen molar-refractivity contribution < 1.29 is 0 Å². The van der Waals surface area contributed by atoms with E-state index >= 15 is 0 Å². The lowest BCUT2D eigenvalue weighted by atomic mass is 9.78. The topological polar surface area (TPSA) is 18.5 Å². The number of hydrogen-bond acceptors (Lipinski definition) is 3. The molecule has 1 saturated carbocycles. The standard InChI is InChI=1S/C14H29N3/c1-4-16-7-9-17(10-8-16)14-6-5-13(14)11-15-12(2)3/h12-15H,4-11H2,1-3H3. The highest BCUT2D eigenvalue weighted by molar-refractivity contribution is 4.92. The van der Waals surface area contributed by atoms with Gasteiger partial charge < -0.3 is 10.2 Å². The molecule has 0 radical (unpaired) electrons. The molecule has 3 heteroatoms. The molecule has 100 valence electrons. The minimum absolute atomic E-state index is 0.633. The molecule has 0 aromatic carbocycles. The minimum atomic E-state index is 0.633. The van der Waals surface area contributed by atoms with Gasteiger partial charge in [0.1, 0.15) is 0 Å². The van der Waals surface area contributed by atoms with E-state index in [9.17, 15) is 0 Å². The van der Waals surface area contributed by atoms with Gasteiger partial charge in [-0.1, -0.05) is 20.8 Å². The Labute approximate surface area is 107 Å². The van der Waals surface area contributed by atoms with Gasteiger partial charge in [-0.3, -0.25) is 4.90 Å². The molecule has 2 atom stereocenters. The molecule has 17 heavy (non-hydrogen) atoms. The van der Waals surface area contributed by atoms with Gasteiger partial charge >= 0.3 is 0 Å². The molecule has 0 bridgehead atoms. The number of likely N-dealkylation sites (N-methyl/N-ethyl adjacent to an activating group) is 1. The van der Waals surface area contributed by atoms with Gasteiger partial charge in [0.15, 0.2) is 0 Å². The smallest absolute Gasteiger partial charge is 0.0137 e. The molecule has 1 N–H and O–H groups in total. The average Bonchev–Trinajstić information content (AvgIpc) is 2.28. The maximum Gasteiger partial charge on any atom is 0.0137 e. The summed E-state index contributed by atoms with van der Waals surface area (Å²) in [6, 6.07) is 1.51. The van der Waals surface area contributed by atoms with Gasteiger partial charge in [-0.2, -0.15) is 0 Å². The molecule has 1 aliphatic carbocycles. The fraction of sp³-hybridized carbons (Fsp3) is 1.00. The molecule has 0 amide bonds. The van der Waals surface area contributed by atoms with E-state index in [1.165, 1.54) is 52.1 Å². The maximum atomic E-state index is 3.60. The van der Waals surface area contributed by atoms with Crippen LogP contribution in [0.25, 0.3) is 0 Å². The van der Waals surface area contributed by atoms with Crippen LogP contribution in [0.3, 0.4) is 0 Å². The van der Waals surface area contributed by atoms with E-state index in [1.54, 1.807) is 0 Å². The predicted octanol–water partition coefficient (Wildman–Crippen LogP) is 1.40. The van der Waals surface area contributed by atoms with E-state index in [2.05, 4.69) is 35.9 Å². The molecule has 1 heterocycles. The third kappa shape index (κ3) is 3.43. The molecular formula is C14H29N3. The molecule has 2 fully saturated rings. The van der Waals surface area contributed by atoms with Crippen LogP contribution in [0, 0.1) is 5.92 Å². The zero-order valence-electron chi connectivity index (χ0n) is 11.8. The molecule has 2 aliphatic rings. The molecule has 3 nitrogen and oxygen atoms in total. The zero-order valence-corrected chi connectivity index (χ0v) is 11.8. The lowest BCUT2D eigenvalue weighted by Gasteiger charge is -2.48. The van der Waals surface area contributed by atoms with Crippen LogP contribution < -0.4 is 5.32 Å². The van der Waals surface area contributed by atoms with Gasteiger partial charge in [0.05, 0.1) is 0 Å². The molecule has 1 saturated heterocycles. The van der Waals surface area contributed by atoms with Crippen molar-refractivity contribution in [2.45, 2.75) is 45.7 Å². The first-order valence-corrected chi connectivity index (χ1v) is 7.40. The van der Waals surface area contributed by atoms with Crippen LogP contribution in [0.5, 0.6) is 0 Å². The average molecular weight is 239 g/mol. The van der Waals surface area contributed by atoms with Crippen LogP contribution in [-0.2, 0) is 0 Å². The minimum Gasteiger partial charge on any atom is -0.314 e. The van der Waals surface area contributed by atoms with E-state index in [4.69, 9.17) is 0 Å². The van der Waals surface area contributed by atoms with Crippen molar-refractivity contribution in [2.75, 3.05) is 39.3 Å². The number of nitrogens with zero attached hydrogens (tertiary/aromatic N) is 2. The summed E-state index contributed by atoms with van der Waals surface area (Å²) in [6.45, 7) is 14.3. The van der Waals surface area contributed by atoms with Gasteiger partial charge in [0, 0.05) is 38.3 Å². The summed E-state index contributed by atoms with van der Waals surface area (Å²) in [4.78, 5) is 5.30. The zero-order chi connectivity index (χ0) is 12.3. The van der Waals surface area contributed by atoms with Crippen molar-refractivity contribution in [1.29, 1.82) is 0 Å². The molecular weight excluding hydrogens is 210 g/mol. The van der Waals surface area contributed by atoms with Gasteiger partial charge in [-0.25, -0.2) is 0 Å². The Bertz CT molecular complexity index is 222. The van der Waals surface area contributed by atoms with Crippen molar-refractivity contribution in [3.63, 3.8) is 0 Å². The highest BCUT2D eigenvalue weighted by Gasteiger charge is 2.36. The van der Waals surface area contributed by atoms with E-state index in [1.807, 2.05) is 0 Å². The van der Waals surface area contributed by atoms with Gasteiger partial charge in [0.25, 0.3) is 0 Å². The Morgan fingerprint density at radius 1 is 1.12 bits per heavy atom. The van der Waals surface area contributed by atoms with Crippen LogP contribution in [0.2, 0.25) is 0 Å². The van der Waals surface area contributed by atoms with Crippen LogP contribution in [0.15, 0.2) is 0 Å². The van der Waals surface area contributed by atoms with Crippen LogP contribution in [0.4, 0.5) is 0 Å². The normalized spacial score (nSPS) is 31.8. The van der Waals surface area contributed by atoms with E-state index < -0.39 is 0 Å². The Kier molecular flexibility index (Phi) is 4.83. The second kappa shape index (κ2) is 6.17. The molecule has 2 unspecified atom stereocenters. The number of rotatable bonds is 5. The largest absolute Gasteiger partial charge is 0.314 e.